The lowest BCUT2D eigenvalue weighted by atomic mass is 9.92. The first-order valence-electron chi connectivity index (χ1n) is 8.55. The first kappa shape index (κ1) is 18.7. The van der Waals surface area contributed by atoms with Gasteiger partial charge in [-0.1, -0.05) is 6.07 Å². The second-order valence-corrected chi connectivity index (χ2v) is 6.65. The standard InChI is InChI=1S/C18H20F4N2O2/c19-15-9-12(1-3-16(15)26-18(20,21)22)2-4-17(25)24-7-5-13-10-23-11-14(13)6-8-24/h1-4,9,13-14,23H,5-8,10-11H2/b4-2+/t13-,14+. The summed E-state index contributed by atoms with van der Waals surface area (Å²) in [6.45, 7) is 3.35. The van der Waals surface area contributed by atoms with Crippen molar-refractivity contribution in [2.75, 3.05) is 26.2 Å². The van der Waals surface area contributed by atoms with Gasteiger partial charge in [0.05, 0.1) is 0 Å². The number of hydrogen-bond acceptors (Lipinski definition) is 3. The Hall–Kier alpha value is -2.09. The number of rotatable bonds is 3. The molecule has 0 bridgehead atoms. The van der Waals surface area contributed by atoms with Gasteiger partial charge in [0.15, 0.2) is 11.6 Å². The number of benzene rings is 1. The Balaban J connectivity index is 1.60. The molecule has 8 heteroatoms. The minimum Gasteiger partial charge on any atom is -0.403 e. The Bertz CT molecular complexity index is 676. The third-order valence-corrected chi connectivity index (χ3v) is 4.93. The molecule has 0 unspecified atom stereocenters. The molecule has 26 heavy (non-hydrogen) atoms. The number of amides is 1. The van der Waals surface area contributed by atoms with Crippen molar-refractivity contribution in [1.82, 2.24) is 10.2 Å². The minimum absolute atomic E-state index is 0.172. The Morgan fingerprint density at radius 3 is 2.42 bits per heavy atom. The van der Waals surface area contributed by atoms with Crippen LogP contribution in [0, 0.1) is 17.7 Å². The third-order valence-electron chi connectivity index (χ3n) is 4.93. The van der Waals surface area contributed by atoms with E-state index in [1.54, 1.807) is 4.90 Å². The molecule has 2 atom stereocenters. The number of carbonyl (C=O) groups is 1. The summed E-state index contributed by atoms with van der Waals surface area (Å²) in [6, 6.07) is 3.07. The zero-order chi connectivity index (χ0) is 18.7. The Morgan fingerprint density at radius 1 is 1.19 bits per heavy atom. The number of likely N-dealkylation sites (tertiary alicyclic amines) is 1. The van der Waals surface area contributed by atoms with E-state index in [1.807, 2.05) is 0 Å². The van der Waals surface area contributed by atoms with Gasteiger partial charge in [-0.05, 0) is 61.5 Å². The molecule has 1 N–H and O–H groups in total. The molecule has 0 aromatic heterocycles. The van der Waals surface area contributed by atoms with Crippen LogP contribution in [0.2, 0.25) is 0 Å². The lowest BCUT2D eigenvalue weighted by Crippen LogP contribution is -2.31. The van der Waals surface area contributed by atoms with E-state index in [0.29, 0.717) is 30.5 Å². The molecule has 0 spiro atoms. The number of hydrogen-bond donors (Lipinski definition) is 1. The average Bonchev–Trinajstić information content (AvgIpc) is 2.92. The topological polar surface area (TPSA) is 41.6 Å². The minimum atomic E-state index is -4.95. The van der Waals surface area contributed by atoms with Gasteiger partial charge in [-0.2, -0.15) is 0 Å². The second kappa shape index (κ2) is 7.65. The molecule has 0 saturated carbocycles. The Labute approximate surface area is 148 Å². The summed E-state index contributed by atoms with van der Waals surface area (Å²) in [5, 5.41) is 3.37. The van der Waals surface area contributed by atoms with Crippen LogP contribution in [0.3, 0.4) is 0 Å². The first-order chi connectivity index (χ1) is 12.3. The highest BCUT2D eigenvalue weighted by atomic mass is 19.4. The number of ether oxygens (including phenoxy) is 1. The molecule has 1 aromatic rings. The van der Waals surface area contributed by atoms with Gasteiger partial charge >= 0.3 is 6.36 Å². The number of nitrogens with one attached hydrogen (secondary N) is 1. The van der Waals surface area contributed by atoms with Gasteiger partial charge in [0, 0.05) is 19.2 Å². The van der Waals surface area contributed by atoms with Gasteiger partial charge < -0.3 is 15.0 Å². The molecule has 2 aliphatic rings. The average molecular weight is 372 g/mol. The maximum Gasteiger partial charge on any atom is 0.573 e. The molecule has 2 fully saturated rings. The number of carbonyl (C=O) groups excluding carboxylic acids is 1. The smallest absolute Gasteiger partial charge is 0.403 e. The second-order valence-electron chi connectivity index (χ2n) is 6.65. The molecule has 2 aliphatic heterocycles. The van der Waals surface area contributed by atoms with Crippen LogP contribution in [0.4, 0.5) is 17.6 Å². The number of fused-ring (bicyclic) bond motifs is 1. The maximum absolute atomic E-state index is 13.7. The number of halogens is 4. The van der Waals surface area contributed by atoms with Crippen LogP contribution in [-0.4, -0.2) is 43.3 Å². The first-order valence-corrected chi connectivity index (χ1v) is 8.55. The molecule has 142 valence electrons. The molecule has 1 aromatic carbocycles. The van der Waals surface area contributed by atoms with Crippen LogP contribution in [-0.2, 0) is 4.79 Å². The van der Waals surface area contributed by atoms with Gasteiger partial charge in [-0.25, -0.2) is 4.39 Å². The highest BCUT2D eigenvalue weighted by Crippen LogP contribution is 2.28. The van der Waals surface area contributed by atoms with Crippen molar-refractivity contribution in [3.63, 3.8) is 0 Å². The van der Waals surface area contributed by atoms with E-state index in [9.17, 15) is 22.4 Å². The summed E-state index contributed by atoms with van der Waals surface area (Å²) < 4.78 is 53.7. The Kier molecular flexibility index (Phi) is 5.50. The van der Waals surface area contributed by atoms with Crippen LogP contribution < -0.4 is 10.1 Å². The zero-order valence-electron chi connectivity index (χ0n) is 14.1. The quantitative estimate of drug-likeness (QED) is 0.655. The summed E-state index contributed by atoms with van der Waals surface area (Å²) >= 11 is 0. The van der Waals surface area contributed by atoms with Gasteiger partial charge in [-0.15, -0.1) is 13.2 Å². The highest BCUT2D eigenvalue weighted by Gasteiger charge is 2.32. The molecule has 0 aliphatic carbocycles. The molecule has 4 nitrogen and oxygen atoms in total. The lowest BCUT2D eigenvalue weighted by molar-refractivity contribution is -0.275. The fourth-order valence-electron chi connectivity index (χ4n) is 3.54. The van der Waals surface area contributed by atoms with Crippen LogP contribution in [0.5, 0.6) is 5.75 Å². The molecule has 1 amide bonds. The van der Waals surface area contributed by atoms with E-state index in [1.165, 1.54) is 18.2 Å². The van der Waals surface area contributed by atoms with Crippen LogP contribution in [0.1, 0.15) is 18.4 Å². The van der Waals surface area contributed by atoms with E-state index >= 15 is 0 Å². The van der Waals surface area contributed by atoms with Gasteiger partial charge in [0.1, 0.15) is 0 Å². The van der Waals surface area contributed by atoms with E-state index < -0.39 is 17.9 Å². The van der Waals surface area contributed by atoms with Gasteiger partial charge in [-0.3, -0.25) is 4.79 Å². The monoisotopic (exact) mass is 372 g/mol. The SMILES string of the molecule is O=C(/C=C/c1ccc(OC(F)(F)F)c(F)c1)N1CC[C@@H]2CNC[C@@H]2CC1. The van der Waals surface area contributed by atoms with Crippen molar-refractivity contribution in [3.05, 3.63) is 35.7 Å². The zero-order valence-corrected chi connectivity index (χ0v) is 14.1. The summed E-state index contributed by atoms with van der Waals surface area (Å²) in [5.74, 6) is -0.992. The highest BCUT2D eigenvalue weighted by molar-refractivity contribution is 5.91. The Morgan fingerprint density at radius 2 is 1.85 bits per heavy atom. The summed E-state index contributed by atoms with van der Waals surface area (Å²) in [4.78, 5) is 14.1. The van der Waals surface area contributed by atoms with E-state index in [4.69, 9.17) is 0 Å². The number of nitrogens with zero attached hydrogens (tertiary/aromatic N) is 1. The van der Waals surface area contributed by atoms with Crippen molar-refractivity contribution in [2.45, 2.75) is 19.2 Å². The largest absolute Gasteiger partial charge is 0.573 e. The van der Waals surface area contributed by atoms with Crippen molar-refractivity contribution in [2.24, 2.45) is 11.8 Å². The fourth-order valence-corrected chi connectivity index (χ4v) is 3.54. The van der Waals surface area contributed by atoms with Crippen LogP contribution in [0.25, 0.3) is 6.08 Å². The van der Waals surface area contributed by atoms with Crippen molar-refractivity contribution >= 4 is 12.0 Å². The van der Waals surface area contributed by atoms with Gasteiger partial charge in [0.25, 0.3) is 0 Å². The van der Waals surface area contributed by atoms with E-state index in [-0.39, 0.29) is 5.91 Å². The van der Waals surface area contributed by atoms with Crippen molar-refractivity contribution in [1.29, 1.82) is 0 Å². The summed E-state index contributed by atoms with van der Waals surface area (Å²) in [5.41, 5.74) is 0.293. The molecule has 0 radical (unpaired) electrons. The van der Waals surface area contributed by atoms with E-state index in [0.717, 1.165) is 38.1 Å². The number of alkyl halides is 3. The van der Waals surface area contributed by atoms with Crippen molar-refractivity contribution in [3.8, 4) is 5.75 Å². The normalized spacial score (nSPS) is 23.8. The van der Waals surface area contributed by atoms with Crippen molar-refractivity contribution < 1.29 is 27.1 Å². The maximum atomic E-state index is 13.7. The molecular formula is C18H20F4N2O2. The molecular weight excluding hydrogens is 352 g/mol. The lowest BCUT2D eigenvalue weighted by Gasteiger charge is -2.19. The van der Waals surface area contributed by atoms with Gasteiger partial charge in [0.2, 0.25) is 5.91 Å². The molecule has 3 rings (SSSR count). The predicted molar refractivity (Wildman–Crippen MR) is 87.8 cm³/mol. The van der Waals surface area contributed by atoms with Crippen LogP contribution >= 0.6 is 0 Å². The fraction of sp³-hybridized carbons (Fsp3) is 0.500. The summed E-state index contributed by atoms with van der Waals surface area (Å²) in [6.07, 6.45) is -0.312. The predicted octanol–water partition coefficient (Wildman–Crippen LogP) is 3.20. The van der Waals surface area contributed by atoms with E-state index in [2.05, 4.69) is 10.1 Å². The van der Waals surface area contributed by atoms with Crippen LogP contribution in [0.15, 0.2) is 24.3 Å². The third kappa shape index (κ3) is 4.75. The molecule has 2 heterocycles. The summed E-state index contributed by atoms with van der Waals surface area (Å²) in [7, 11) is 0. The molecule has 2 saturated heterocycles.